The van der Waals surface area contributed by atoms with Crippen molar-refractivity contribution < 1.29 is 33.9 Å². The fourth-order valence-corrected chi connectivity index (χ4v) is 1.29. The van der Waals surface area contributed by atoms with Gasteiger partial charge in [-0.2, -0.15) is 0 Å². The van der Waals surface area contributed by atoms with Gasteiger partial charge < -0.3 is 14.7 Å². The highest BCUT2D eigenvalue weighted by molar-refractivity contribution is 7.46. The van der Waals surface area contributed by atoms with Crippen molar-refractivity contribution in [3.8, 4) is 0 Å². The molecule has 0 bridgehead atoms. The molecule has 0 aromatic heterocycles. The number of phosphoric ester groups is 1. The van der Waals surface area contributed by atoms with E-state index in [0.29, 0.717) is 12.8 Å². The van der Waals surface area contributed by atoms with Crippen molar-refractivity contribution >= 4 is 13.8 Å². The maximum atomic E-state index is 11.1. The first-order valence-electron chi connectivity index (χ1n) is 4.38. The van der Waals surface area contributed by atoms with Crippen LogP contribution < -0.4 is 0 Å². The summed E-state index contributed by atoms with van der Waals surface area (Å²) in [7, 11) is -4.98. The average Bonchev–Trinajstić information content (AvgIpc) is 2.11. The Balaban J connectivity index is 4.51. The molecule has 0 aromatic rings. The van der Waals surface area contributed by atoms with Gasteiger partial charge in [0, 0.05) is 0 Å². The molecule has 4 N–H and O–H groups in total. The zero-order valence-corrected chi connectivity index (χ0v) is 9.18. The molecule has 15 heavy (non-hydrogen) atoms. The molecule has 0 amide bonds. The second-order valence-electron chi connectivity index (χ2n) is 3.16. The molecule has 0 spiro atoms. The van der Waals surface area contributed by atoms with Crippen molar-refractivity contribution in [3.05, 3.63) is 0 Å². The van der Waals surface area contributed by atoms with Gasteiger partial charge in [0.25, 0.3) is 0 Å². The molecular formula is C7H15O7P. The van der Waals surface area contributed by atoms with Crippen molar-refractivity contribution in [2.24, 2.45) is 0 Å². The zero-order chi connectivity index (χ0) is 12.1. The number of carbonyl (C=O) groups is 1. The van der Waals surface area contributed by atoms with Crippen molar-refractivity contribution in [1.29, 1.82) is 0 Å². The van der Waals surface area contributed by atoms with E-state index in [1.807, 2.05) is 0 Å². The van der Waals surface area contributed by atoms with Crippen LogP contribution in [-0.2, 0) is 13.9 Å². The highest BCUT2D eigenvalue weighted by Gasteiger charge is 2.40. The fourth-order valence-electron chi connectivity index (χ4n) is 0.908. The standard InChI is InChI=1S/C7H15O7P/c1-2-3-4-7(10,5-8)6(9)14-15(11,12)13/h8,10H,2-5H2,1H3,(H2,11,12,13). The molecular weight excluding hydrogens is 227 g/mol. The van der Waals surface area contributed by atoms with Gasteiger partial charge in [-0.15, -0.1) is 0 Å². The first kappa shape index (κ1) is 14.5. The van der Waals surface area contributed by atoms with Crippen LogP contribution in [0.3, 0.4) is 0 Å². The van der Waals surface area contributed by atoms with E-state index in [1.54, 1.807) is 6.92 Å². The molecule has 0 aromatic carbocycles. The van der Waals surface area contributed by atoms with Crippen LogP contribution >= 0.6 is 7.82 Å². The van der Waals surface area contributed by atoms with Crippen molar-refractivity contribution in [2.75, 3.05) is 6.61 Å². The van der Waals surface area contributed by atoms with Crippen LogP contribution in [0.5, 0.6) is 0 Å². The third kappa shape index (κ3) is 5.25. The van der Waals surface area contributed by atoms with Gasteiger partial charge in [-0.25, -0.2) is 9.36 Å². The van der Waals surface area contributed by atoms with Gasteiger partial charge in [-0.05, 0) is 6.42 Å². The molecule has 0 aliphatic carbocycles. The molecule has 0 rings (SSSR count). The lowest BCUT2D eigenvalue weighted by molar-refractivity contribution is -0.162. The quantitative estimate of drug-likeness (QED) is 0.464. The topological polar surface area (TPSA) is 124 Å². The van der Waals surface area contributed by atoms with Crippen LogP contribution in [-0.4, -0.2) is 38.2 Å². The molecule has 1 atom stereocenters. The molecule has 0 aliphatic rings. The van der Waals surface area contributed by atoms with Gasteiger partial charge in [0.1, 0.15) is 0 Å². The van der Waals surface area contributed by atoms with Gasteiger partial charge >= 0.3 is 13.8 Å². The highest BCUT2D eigenvalue weighted by Crippen LogP contribution is 2.38. The number of aliphatic hydroxyl groups excluding tert-OH is 1. The Labute approximate surface area is 86.9 Å². The Morgan fingerprint density at radius 1 is 1.47 bits per heavy atom. The third-order valence-corrected chi connectivity index (χ3v) is 2.19. The number of rotatable bonds is 6. The normalized spacial score (nSPS) is 15.8. The number of hydrogen-bond donors (Lipinski definition) is 4. The van der Waals surface area contributed by atoms with Crippen LogP contribution in [0.4, 0.5) is 0 Å². The summed E-state index contributed by atoms with van der Waals surface area (Å²) in [5.41, 5.74) is -2.24. The Morgan fingerprint density at radius 3 is 2.33 bits per heavy atom. The summed E-state index contributed by atoms with van der Waals surface area (Å²) in [4.78, 5) is 27.8. The van der Waals surface area contributed by atoms with Crippen LogP contribution in [0.25, 0.3) is 0 Å². The van der Waals surface area contributed by atoms with Crippen molar-refractivity contribution in [1.82, 2.24) is 0 Å². The minimum atomic E-state index is -4.98. The van der Waals surface area contributed by atoms with E-state index in [2.05, 4.69) is 4.52 Å². The van der Waals surface area contributed by atoms with E-state index in [4.69, 9.17) is 14.9 Å². The van der Waals surface area contributed by atoms with E-state index < -0.39 is 26.0 Å². The van der Waals surface area contributed by atoms with Gasteiger partial charge in [0.15, 0.2) is 5.60 Å². The summed E-state index contributed by atoms with van der Waals surface area (Å²) >= 11 is 0. The first-order valence-corrected chi connectivity index (χ1v) is 5.91. The molecule has 0 saturated heterocycles. The Morgan fingerprint density at radius 2 is 2.00 bits per heavy atom. The Kier molecular flexibility index (Phi) is 5.41. The minimum Gasteiger partial charge on any atom is -0.393 e. The lowest BCUT2D eigenvalue weighted by Crippen LogP contribution is -2.43. The van der Waals surface area contributed by atoms with Crippen LogP contribution in [0.2, 0.25) is 0 Å². The van der Waals surface area contributed by atoms with E-state index in [9.17, 15) is 14.5 Å². The second kappa shape index (κ2) is 5.58. The summed E-state index contributed by atoms with van der Waals surface area (Å²) in [5, 5.41) is 18.3. The molecule has 0 heterocycles. The van der Waals surface area contributed by atoms with E-state index >= 15 is 0 Å². The molecule has 7 nitrogen and oxygen atoms in total. The summed E-state index contributed by atoms with van der Waals surface area (Å²) in [6, 6.07) is 0. The molecule has 0 radical (unpaired) electrons. The lowest BCUT2D eigenvalue weighted by atomic mass is 9.98. The fraction of sp³-hybridized carbons (Fsp3) is 0.857. The largest absolute Gasteiger partial charge is 0.527 e. The van der Waals surface area contributed by atoms with Gasteiger partial charge in [-0.3, -0.25) is 9.79 Å². The summed E-state index contributed by atoms with van der Waals surface area (Å²) < 4.78 is 14.0. The van der Waals surface area contributed by atoms with Crippen LogP contribution in [0.1, 0.15) is 26.2 Å². The number of phosphoric acid groups is 1. The van der Waals surface area contributed by atoms with E-state index in [-0.39, 0.29) is 6.42 Å². The Hall–Kier alpha value is -0.460. The summed E-state index contributed by atoms with van der Waals surface area (Å²) in [6.45, 7) is 0.859. The van der Waals surface area contributed by atoms with Gasteiger partial charge in [0.2, 0.25) is 0 Å². The van der Waals surface area contributed by atoms with E-state index in [0.717, 1.165) is 0 Å². The molecule has 0 saturated carbocycles. The smallest absolute Gasteiger partial charge is 0.393 e. The Bertz CT molecular complexity index is 260. The monoisotopic (exact) mass is 242 g/mol. The maximum Gasteiger partial charge on any atom is 0.527 e. The number of aliphatic hydroxyl groups is 2. The minimum absolute atomic E-state index is 0.112. The molecule has 1 unspecified atom stereocenters. The van der Waals surface area contributed by atoms with Crippen LogP contribution in [0.15, 0.2) is 0 Å². The highest BCUT2D eigenvalue weighted by atomic mass is 31.2. The second-order valence-corrected chi connectivity index (χ2v) is 4.33. The predicted molar refractivity (Wildman–Crippen MR) is 49.7 cm³/mol. The molecule has 0 fully saturated rings. The average molecular weight is 242 g/mol. The molecule has 8 heteroatoms. The maximum absolute atomic E-state index is 11.1. The van der Waals surface area contributed by atoms with Crippen molar-refractivity contribution in [3.63, 3.8) is 0 Å². The SMILES string of the molecule is CCCCC(O)(CO)C(=O)OP(=O)(O)O. The number of unbranched alkanes of at least 4 members (excludes halogenated alkanes) is 1. The molecule has 0 aliphatic heterocycles. The van der Waals surface area contributed by atoms with Crippen molar-refractivity contribution in [2.45, 2.75) is 31.8 Å². The predicted octanol–water partition coefficient (Wildman–Crippen LogP) is -0.464. The van der Waals surface area contributed by atoms with Gasteiger partial charge in [-0.1, -0.05) is 19.8 Å². The first-order chi connectivity index (χ1) is 6.75. The van der Waals surface area contributed by atoms with E-state index in [1.165, 1.54) is 0 Å². The third-order valence-electron chi connectivity index (χ3n) is 1.79. The van der Waals surface area contributed by atoms with Crippen LogP contribution in [0, 0.1) is 0 Å². The summed E-state index contributed by atoms with van der Waals surface area (Å²) in [5.74, 6) is -1.51. The summed E-state index contributed by atoms with van der Waals surface area (Å²) in [6.07, 6.45) is 0.970. The zero-order valence-electron chi connectivity index (χ0n) is 8.29. The lowest BCUT2D eigenvalue weighted by Gasteiger charge is -2.23. The number of hydrogen-bond acceptors (Lipinski definition) is 5. The number of carbonyl (C=O) groups excluding carboxylic acids is 1. The van der Waals surface area contributed by atoms with Gasteiger partial charge in [0.05, 0.1) is 6.61 Å². The molecule has 90 valence electrons.